The summed E-state index contributed by atoms with van der Waals surface area (Å²) in [5, 5.41) is 18.5. The van der Waals surface area contributed by atoms with Crippen molar-refractivity contribution in [2.75, 3.05) is 18.5 Å². The summed E-state index contributed by atoms with van der Waals surface area (Å²) in [4.78, 5) is 16.6. The van der Waals surface area contributed by atoms with Gasteiger partial charge in [-0.1, -0.05) is 36.4 Å². The van der Waals surface area contributed by atoms with Crippen molar-refractivity contribution in [1.82, 2.24) is 14.8 Å². The SMILES string of the molecule is O=C(O)C(CCc1ccccc1)Cn1ncc2cc(OCCc3ccc4c(n3)NCCC4)ccc21. The number of carbonyl (C=O) groups is 1. The summed E-state index contributed by atoms with van der Waals surface area (Å²) in [5.41, 5.74) is 4.36. The minimum Gasteiger partial charge on any atom is -0.493 e. The van der Waals surface area contributed by atoms with Crippen LogP contribution in [-0.2, 0) is 30.6 Å². The summed E-state index contributed by atoms with van der Waals surface area (Å²) >= 11 is 0. The maximum Gasteiger partial charge on any atom is 0.308 e. The van der Waals surface area contributed by atoms with Crippen LogP contribution in [0.15, 0.2) is 66.9 Å². The number of aryl methyl sites for hydroxylation is 2. The van der Waals surface area contributed by atoms with Crippen LogP contribution in [0.5, 0.6) is 5.75 Å². The van der Waals surface area contributed by atoms with Gasteiger partial charge >= 0.3 is 5.97 Å². The molecule has 35 heavy (non-hydrogen) atoms. The number of carboxylic acid groups (broad SMARTS) is 1. The number of anilines is 1. The number of aliphatic carboxylic acids is 1. The van der Waals surface area contributed by atoms with Crippen LogP contribution in [0, 0.1) is 5.92 Å². The molecule has 1 atom stereocenters. The van der Waals surface area contributed by atoms with Crippen molar-refractivity contribution in [1.29, 1.82) is 0 Å². The van der Waals surface area contributed by atoms with Gasteiger partial charge < -0.3 is 15.2 Å². The number of ether oxygens (including phenoxy) is 1. The van der Waals surface area contributed by atoms with Crippen molar-refractivity contribution in [3.8, 4) is 5.75 Å². The summed E-state index contributed by atoms with van der Waals surface area (Å²) < 4.78 is 7.77. The van der Waals surface area contributed by atoms with Gasteiger partial charge in [0.05, 0.1) is 30.8 Å². The third kappa shape index (κ3) is 5.62. The van der Waals surface area contributed by atoms with Crippen molar-refractivity contribution in [2.45, 2.75) is 38.6 Å². The molecule has 1 aliphatic rings. The third-order valence-corrected chi connectivity index (χ3v) is 6.56. The standard InChI is InChI=1S/C28H30N4O3/c33-28(34)22(9-8-20-5-2-1-3-6-20)19-32-26-13-12-25(17-23(26)18-30-32)35-16-14-24-11-10-21-7-4-15-29-27(21)31-24/h1-3,5-6,10-13,17-18,22H,4,7-9,14-16,19H2,(H,29,31)(H,33,34). The average Bonchev–Trinajstić information content (AvgIpc) is 3.29. The molecule has 0 spiro atoms. The number of carboxylic acids is 1. The Morgan fingerprint density at radius 1 is 1.11 bits per heavy atom. The van der Waals surface area contributed by atoms with Gasteiger partial charge in [0.1, 0.15) is 11.6 Å². The Morgan fingerprint density at radius 2 is 2.00 bits per heavy atom. The zero-order valence-corrected chi connectivity index (χ0v) is 19.7. The Hall–Kier alpha value is -3.87. The average molecular weight is 471 g/mol. The van der Waals surface area contributed by atoms with Crippen LogP contribution in [-0.4, -0.2) is 39.0 Å². The molecule has 0 amide bonds. The summed E-state index contributed by atoms with van der Waals surface area (Å²) in [6.45, 7) is 1.85. The van der Waals surface area contributed by atoms with E-state index in [1.54, 1.807) is 10.9 Å². The Balaban J connectivity index is 1.19. The fourth-order valence-corrected chi connectivity index (χ4v) is 4.57. The molecular weight excluding hydrogens is 440 g/mol. The van der Waals surface area contributed by atoms with Gasteiger partial charge in [-0.25, -0.2) is 4.98 Å². The van der Waals surface area contributed by atoms with Crippen molar-refractivity contribution in [2.24, 2.45) is 5.92 Å². The van der Waals surface area contributed by atoms with Crippen LogP contribution in [0.3, 0.4) is 0 Å². The molecular formula is C28H30N4O3. The van der Waals surface area contributed by atoms with Crippen LogP contribution in [0.25, 0.3) is 10.9 Å². The summed E-state index contributed by atoms with van der Waals surface area (Å²) in [6.07, 6.45) is 6.03. The van der Waals surface area contributed by atoms with Crippen LogP contribution in [0.1, 0.15) is 29.7 Å². The molecule has 0 fully saturated rings. The summed E-state index contributed by atoms with van der Waals surface area (Å²) in [6, 6.07) is 20.1. The molecule has 4 aromatic rings. The molecule has 2 aromatic carbocycles. The molecule has 0 saturated heterocycles. The zero-order chi connectivity index (χ0) is 24.0. The van der Waals surface area contributed by atoms with Gasteiger partial charge in [-0.3, -0.25) is 9.48 Å². The molecule has 1 unspecified atom stereocenters. The Labute approximate surface area is 204 Å². The molecule has 3 heterocycles. The first-order valence-corrected chi connectivity index (χ1v) is 12.2. The lowest BCUT2D eigenvalue weighted by molar-refractivity contribution is -0.142. The number of fused-ring (bicyclic) bond motifs is 2. The van der Waals surface area contributed by atoms with Crippen molar-refractivity contribution in [3.63, 3.8) is 0 Å². The van der Waals surface area contributed by atoms with Crippen molar-refractivity contribution >= 4 is 22.7 Å². The predicted octanol–water partition coefficient (Wildman–Crippen LogP) is 4.74. The summed E-state index contributed by atoms with van der Waals surface area (Å²) in [5.74, 6) is 0.473. The van der Waals surface area contributed by atoms with E-state index in [1.165, 1.54) is 5.56 Å². The van der Waals surface area contributed by atoms with Crippen LogP contribution < -0.4 is 10.1 Å². The van der Waals surface area contributed by atoms with Gasteiger partial charge in [0, 0.05) is 24.0 Å². The van der Waals surface area contributed by atoms with Crippen molar-refractivity contribution < 1.29 is 14.6 Å². The second-order valence-corrected chi connectivity index (χ2v) is 9.05. The molecule has 0 bridgehead atoms. The van der Waals surface area contributed by atoms with E-state index < -0.39 is 11.9 Å². The minimum atomic E-state index is -0.796. The van der Waals surface area contributed by atoms with Gasteiger partial charge in [-0.15, -0.1) is 0 Å². The van der Waals surface area contributed by atoms with E-state index in [0.29, 0.717) is 19.6 Å². The molecule has 0 aliphatic carbocycles. The van der Waals surface area contributed by atoms with E-state index in [9.17, 15) is 9.90 Å². The maximum absolute atomic E-state index is 11.9. The van der Waals surface area contributed by atoms with Gasteiger partial charge in [0.2, 0.25) is 0 Å². The van der Waals surface area contributed by atoms with E-state index >= 15 is 0 Å². The maximum atomic E-state index is 11.9. The molecule has 0 saturated carbocycles. The lowest BCUT2D eigenvalue weighted by Gasteiger charge is -2.17. The van der Waals surface area contributed by atoms with Crippen LogP contribution in [0.4, 0.5) is 5.82 Å². The van der Waals surface area contributed by atoms with E-state index in [2.05, 4.69) is 22.5 Å². The molecule has 0 radical (unpaired) electrons. The highest BCUT2D eigenvalue weighted by molar-refractivity contribution is 5.80. The Bertz CT molecular complexity index is 1300. The minimum absolute atomic E-state index is 0.337. The molecule has 7 nitrogen and oxygen atoms in total. The van der Waals surface area contributed by atoms with Crippen LogP contribution in [0.2, 0.25) is 0 Å². The lowest BCUT2D eigenvalue weighted by atomic mass is 9.99. The van der Waals surface area contributed by atoms with E-state index in [1.807, 2.05) is 48.5 Å². The predicted molar refractivity (Wildman–Crippen MR) is 136 cm³/mol. The van der Waals surface area contributed by atoms with Gasteiger partial charge in [0.25, 0.3) is 0 Å². The van der Waals surface area contributed by atoms with Gasteiger partial charge in [-0.05, 0) is 61.1 Å². The van der Waals surface area contributed by atoms with Gasteiger partial charge in [-0.2, -0.15) is 5.10 Å². The number of pyridine rings is 1. The largest absolute Gasteiger partial charge is 0.493 e. The Kier molecular flexibility index (Phi) is 6.93. The number of hydrogen-bond acceptors (Lipinski definition) is 5. The zero-order valence-electron chi connectivity index (χ0n) is 19.7. The highest BCUT2D eigenvalue weighted by Gasteiger charge is 2.20. The third-order valence-electron chi connectivity index (χ3n) is 6.56. The van der Waals surface area contributed by atoms with E-state index in [4.69, 9.17) is 9.72 Å². The van der Waals surface area contributed by atoms with E-state index in [-0.39, 0.29) is 0 Å². The topological polar surface area (TPSA) is 89.3 Å². The second-order valence-electron chi connectivity index (χ2n) is 9.05. The number of benzene rings is 2. The molecule has 7 heteroatoms. The van der Waals surface area contributed by atoms with Crippen LogP contribution >= 0.6 is 0 Å². The van der Waals surface area contributed by atoms with E-state index in [0.717, 1.165) is 66.0 Å². The quantitative estimate of drug-likeness (QED) is 0.348. The number of aromatic nitrogens is 3. The molecule has 5 rings (SSSR count). The normalized spacial score (nSPS) is 13.7. The lowest BCUT2D eigenvalue weighted by Crippen LogP contribution is -2.21. The molecule has 1 aliphatic heterocycles. The first kappa shape index (κ1) is 22.9. The number of hydrogen-bond donors (Lipinski definition) is 2. The first-order chi connectivity index (χ1) is 17.2. The monoisotopic (exact) mass is 470 g/mol. The number of rotatable bonds is 10. The Morgan fingerprint density at radius 3 is 2.86 bits per heavy atom. The molecule has 2 N–H and O–H groups in total. The summed E-state index contributed by atoms with van der Waals surface area (Å²) in [7, 11) is 0. The molecule has 2 aromatic heterocycles. The number of nitrogens with zero attached hydrogens (tertiary/aromatic N) is 3. The fraction of sp³-hybridized carbons (Fsp3) is 0.321. The van der Waals surface area contributed by atoms with Gasteiger partial charge in [0.15, 0.2) is 0 Å². The molecule has 180 valence electrons. The highest BCUT2D eigenvalue weighted by Crippen LogP contribution is 2.23. The first-order valence-electron chi connectivity index (χ1n) is 12.2. The fourth-order valence-electron chi connectivity index (χ4n) is 4.57. The number of nitrogens with one attached hydrogen (secondary N) is 1. The van der Waals surface area contributed by atoms with Crippen molar-refractivity contribution in [3.05, 3.63) is 83.7 Å². The highest BCUT2D eigenvalue weighted by atomic mass is 16.5. The second kappa shape index (κ2) is 10.6. The smallest absolute Gasteiger partial charge is 0.308 e.